The number of aliphatic imine (C=N–C) groups is 1. The Kier molecular flexibility index (Phi) is 7.12. The predicted molar refractivity (Wildman–Crippen MR) is 102 cm³/mol. The summed E-state index contributed by atoms with van der Waals surface area (Å²) in [5.74, 6) is 0.788. The van der Waals surface area contributed by atoms with Crippen LogP contribution in [0, 0.1) is 0 Å². The normalized spacial score (nSPS) is 13.7. The maximum absolute atomic E-state index is 11.8. The fourth-order valence-corrected chi connectivity index (χ4v) is 2.31. The third-order valence-electron chi connectivity index (χ3n) is 3.42. The van der Waals surface area contributed by atoms with Crippen LogP contribution in [0.4, 0.5) is 5.69 Å². The van der Waals surface area contributed by atoms with E-state index in [2.05, 4.69) is 47.3 Å². The number of nitrogens with zero attached hydrogens (tertiary/aromatic N) is 3. The van der Waals surface area contributed by atoms with Crippen molar-refractivity contribution in [2.45, 2.75) is 26.3 Å². The summed E-state index contributed by atoms with van der Waals surface area (Å²) >= 11 is 0. The highest BCUT2D eigenvalue weighted by Crippen LogP contribution is 2.27. The molecule has 1 aromatic rings. The van der Waals surface area contributed by atoms with Gasteiger partial charge < -0.3 is 15.1 Å². The van der Waals surface area contributed by atoms with Crippen molar-refractivity contribution in [3.05, 3.63) is 29.8 Å². The number of guanidine groups is 1. The van der Waals surface area contributed by atoms with Crippen molar-refractivity contribution in [2.24, 2.45) is 4.99 Å². The number of carbonyl (C=O) groups excluding carboxylic acids is 1. The van der Waals surface area contributed by atoms with Crippen LogP contribution in [0.5, 0.6) is 0 Å². The first-order chi connectivity index (χ1) is 9.99. The van der Waals surface area contributed by atoms with Gasteiger partial charge in [-0.05, 0) is 31.9 Å². The number of nitrogens with one attached hydrogen (secondary N) is 1. The third-order valence-corrected chi connectivity index (χ3v) is 3.42. The summed E-state index contributed by atoms with van der Waals surface area (Å²) in [7, 11) is 3.50. The zero-order valence-corrected chi connectivity index (χ0v) is 16.0. The summed E-state index contributed by atoms with van der Waals surface area (Å²) in [6.45, 7) is 5.21. The van der Waals surface area contributed by atoms with E-state index in [9.17, 15) is 4.79 Å². The van der Waals surface area contributed by atoms with E-state index in [-0.39, 0.29) is 42.5 Å². The van der Waals surface area contributed by atoms with Crippen molar-refractivity contribution in [1.29, 1.82) is 0 Å². The van der Waals surface area contributed by atoms with Crippen molar-refractivity contribution in [3.8, 4) is 0 Å². The van der Waals surface area contributed by atoms with Crippen molar-refractivity contribution >= 4 is 41.5 Å². The highest BCUT2D eigenvalue weighted by molar-refractivity contribution is 14.0. The van der Waals surface area contributed by atoms with Gasteiger partial charge in [0.25, 0.3) is 0 Å². The molecule has 0 bridgehead atoms. The monoisotopic (exact) mass is 416 g/mol. The molecule has 0 aromatic heterocycles. The molecule has 0 saturated carbocycles. The summed E-state index contributed by atoms with van der Waals surface area (Å²) in [5.41, 5.74) is 2.51. The van der Waals surface area contributed by atoms with Crippen LogP contribution in [0.25, 0.3) is 0 Å². The molecule has 0 radical (unpaired) electrons. The lowest BCUT2D eigenvalue weighted by Gasteiger charge is -2.24. The second-order valence-corrected chi connectivity index (χ2v) is 5.76. The van der Waals surface area contributed by atoms with Crippen molar-refractivity contribution in [2.75, 3.05) is 32.1 Å². The minimum absolute atomic E-state index is 0. The Labute approximate surface area is 149 Å². The quantitative estimate of drug-likeness (QED) is 0.467. The molecule has 1 aliphatic heterocycles. The van der Waals surface area contributed by atoms with E-state index in [0.29, 0.717) is 0 Å². The topological polar surface area (TPSA) is 47.9 Å². The van der Waals surface area contributed by atoms with E-state index >= 15 is 0 Å². The molecular weight excluding hydrogens is 391 g/mol. The number of carbonyl (C=O) groups is 1. The molecule has 22 heavy (non-hydrogen) atoms. The average Bonchev–Trinajstić information content (AvgIpc) is 2.86. The van der Waals surface area contributed by atoms with Gasteiger partial charge in [-0.15, -0.1) is 24.0 Å². The predicted octanol–water partition coefficient (Wildman–Crippen LogP) is 2.11. The molecule has 2 rings (SSSR count). The zero-order chi connectivity index (χ0) is 15.4. The Hall–Kier alpha value is -1.31. The van der Waals surface area contributed by atoms with E-state index in [1.807, 2.05) is 6.07 Å². The molecule has 1 N–H and O–H groups in total. The Morgan fingerprint density at radius 3 is 2.68 bits per heavy atom. The minimum atomic E-state index is 0. The van der Waals surface area contributed by atoms with Crippen molar-refractivity contribution in [3.63, 3.8) is 0 Å². The average molecular weight is 416 g/mol. The molecule has 6 heteroatoms. The number of hydrogen-bond donors (Lipinski definition) is 1. The first-order valence-electron chi connectivity index (χ1n) is 7.35. The van der Waals surface area contributed by atoms with Crippen LogP contribution >= 0.6 is 24.0 Å². The van der Waals surface area contributed by atoms with Gasteiger partial charge in [0.2, 0.25) is 5.91 Å². The first kappa shape index (κ1) is 18.7. The fraction of sp³-hybridized carbons (Fsp3) is 0.500. The van der Waals surface area contributed by atoms with Crippen LogP contribution in [0.2, 0.25) is 0 Å². The minimum Gasteiger partial charge on any atom is -0.354 e. The van der Waals surface area contributed by atoms with E-state index in [0.717, 1.165) is 18.9 Å². The fourth-order valence-electron chi connectivity index (χ4n) is 2.31. The van der Waals surface area contributed by atoms with Gasteiger partial charge in [-0.3, -0.25) is 4.79 Å². The lowest BCUT2D eigenvalue weighted by atomic mass is 10.2. The number of benzene rings is 1. The van der Waals surface area contributed by atoms with E-state index in [4.69, 9.17) is 0 Å². The van der Waals surface area contributed by atoms with Crippen LogP contribution in [0.15, 0.2) is 29.3 Å². The molecule has 122 valence electrons. The number of halogens is 1. The molecule has 1 aromatic carbocycles. The number of para-hydroxylation sites is 1. The molecule has 0 saturated heterocycles. The molecule has 5 nitrogen and oxygen atoms in total. The second kappa shape index (κ2) is 8.36. The standard InChI is InChI=1S/C16H24N4O.HI/c1-12(2)18-16(17-11-15(21)19(3)4)20-10-9-13-7-5-6-8-14(13)20;/h5-8,12H,9-11H2,1-4H3,(H,17,18);1H. The Balaban J connectivity index is 0.00000242. The number of fused-ring (bicyclic) bond motifs is 1. The van der Waals surface area contributed by atoms with Gasteiger partial charge in [0.1, 0.15) is 6.54 Å². The second-order valence-electron chi connectivity index (χ2n) is 5.76. The third kappa shape index (κ3) is 4.59. The molecular formula is C16H25IN4O. The van der Waals surface area contributed by atoms with Gasteiger partial charge in [0.05, 0.1) is 0 Å². The Morgan fingerprint density at radius 1 is 1.36 bits per heavy atom. The summed E-state index contributed by atoms with van der Waals surface area (Å²) < 4.78 is 0. The lowest BCUT2D eigenvalue weighted by Crippen LogP contribution is -2.44. The summed E-state index contributed by atoms with van der Waals surface area (Å²) in [4.78, 5) is 20.0. The maximum atomic E-state index is 11.8. The van der Waals surface area contributed by atoms with Gasteiger partial charge in [0, 0.05) is 32.4 Å². The van der Waals surface area contributed by atoms with Crippen LogP contribution in [-0.4, -0.2) is 50.0 Å². The molecule has 0 fully saturated rings. The molecule has 0 atom stereocenters. The van der Waals surface area contributed by atoms with E-state index < -0.39 is 0 Å². The van der Waals surface area contributed by atoms with Gasteiger partial charge in [0.15, 0.2) is 5.96 Å². The van der Waals surface area contributed by atoms with Gasteiger partial charge in [-0.1, -0.05) is 18.2 Å². The molecule has 1 heterocycles. The first-order valence-corrected chi connectivity index (χ1v) is 7.35. The van der Waals surface area contributed by atoms with Gasteiger partial charge in [-0.25, -0.2) is 4.99 Å². The van der Waals surface area contributed by atoms with E-state index in [1.165, 1.54) is 11.3 Å². The molecule has 0 spiro atoms. The number of rotatable bonds is 3. The smallest absolute Gasteiger partial charge is 0.243 e. The largest absolute Gasteiger partial charge is 0.354 e. The van der Waals surface area contributed by atoms with Crippen molar-refractivity contribution < 1.29 is 4.79 Å². The molecule has 1 amide bonds. The van der Waals surface area contributed by atoms with Gasteiger partial charge >= 0.3 is 0 Å². The lowest BCUT2D eigenvalue weighted by molar-refractivity contribution is -0.127. The SMILES string of the molecule is CC(C)NC(=NCC(=O)N(C)C)N1CCc2ccccc21.I. The Morgan fingerprint density at radius 2 is 2.05 bits per heavy atom. The van der Waals surface area contributed by atoms with Gasteiger partial charge in [-0.2, -0.15) is 0 Å². The number of hydrogen-bond acceptors (Lipinski definition) is 2. The highest BCUT2D eigenvalue weighted by Gasteiger charge is 2.23. The molecule has 1 aliphatic rings. The molecule has 0 unspecified atom stereocenters. The number of likely N-dealkylation sites (N-methyl/N-ethyl adjacent to an activating group) is 1. The summed E-state index contributed by atoms with van der Waals surface area (Å²) in [6, 6.07) is 8.62. The van der Waals surface area contributed by atoms with E-state index in [1.54, 1.807) is 19.0 Å². The molecule has 0 aliphatic carbocycles. The maximum Gasteiger partial charge on any atom is 0.243 e. The zero-order valence-electron chi connectivity index (χ0n) is 13.7. The van der Waals surface area contributed by atoms with Crippen LogP contribution in [0.3, 0.4) is 0 Å². The highest BCUT2D eigenvalue weighted by atomic mass is 127. The number of amides is 1. The van der Waals surface area contributed by atoms with Crippen LogP contribution in [0.1, 0.15) is 19.4 Å². The van der Waals surface area contributed by atoms with Crippen LogP contribution < -0.4 is 10.2 Å². The van der Waals surface area contributed by atoms with Crippen LogP contribution in [-0.2, 0) is 11.2 Å². The summed E-state index contributed by atoms with van der Waals surface area (Å²) in [5, 5.41) is 3.36. The Bertz CT molecular complexity index is 543. The number of anilines is 1. The van der Waals surface area contributed by atoms with Crippen molar-refractivity contribution in [1.82, 2.24) is 10.2 Å². The summed E-state index contributed by atoms with van der Waals surface area (Å²) in [6.07, 6.45) is 1.01.